The van der Waals surface area contributed by atoms with Crippen molar-refractivity contribution in [3.05, 3.63) is 58.1 Å². The van der Waals surface area contributed by atoms with Crippen LogP contribution >= 0.6 is 15.9 Å². The van der Waals surface area contributed by atoms with E-state index in [1.807, 2.05) is 6.92 Å². The highest BCUT2D eigenvalue weighted by molar-refractivity contribution is 9.10. The first kappa shape index (κ1) is 15.9. The second kappa shape index (κ2) is 6.07. The third-order valence-corrected chi connectivity index (χ3v) is 3.51. The number of alkyl halides is 3. The fraction of sp³-hybridized carbons (Fsp3) is 0.200. The molecule has 0 saturated heterocycles. The van der Waals surface area contributed by atoms with Gasteiger partial charge in [0.2, 0.25) is 0 Å². The lowest BCUT2D eigenvalue weighted by atomic mass is 10.1. The Kier molecular flexibility index (Phi) is 4.58. The first-order valence-electron chi connectivity index (χ1n) is 6.18. The lowest BCUT2D eigenvalue weighted by Gasteiger charge is -2.15. The summed E-state index contributed by atoms with van der Waals surface area (Å²) in [6.07, 6.45) is -4.46. The Bertz CT molecular complexity index is 641. The molecule has 0 aromatic heterocycles. The van der Waals surface area contributed by atoms with E-state index in [0.29, 0.717) is 10.2 Å². The normalized spacial score (nSPS) is 13.0. The first-order valence-corrected chi connectivity index (χ1v) is 6.97. The highest BCUT2D eigenvalue weighted by atomic mass is 79.9. The van der Waals surface area contributed by atoms with E-state index in [9.17, 15) is 13.2 Å². The van der Waals surface area contributed by atoms with Crippen molar-refractivity contribution in [2.24, 2.45) is 5.73 Å². The summed E-state index contributed by atoms with van der Waals surface area (Å²) in [5, 5.41) is 0. The van der Waals surface area contributed by atoms with E-state index in [1.54, 1.807) is 18.2 Å². The number of rotatable bonds is 3. The summed E-state index contributed by atoms with van der Waals surface area (Å²) in [6, 6.07) is 9.97. The van der Waals surface area contributed by atoms with Gasteiger partial charge in [-0.1, -0.05) is 18.2 Å². The summed E-state index contributed by atoms with van der Waals surface area (Å²) in [6.45, 7) is 1.82. The van der Waals surface area contributed by atoms with Crippen LogP contribution in [0.25, 0.3) is 0 Å². The smallest absolute Gasteiger partial charge is 0.419 e. The molecule has 0 spiro atoms. The minimum absolute atomic E-state index is 0.169. The summed E-state index contributed by atoms with van der Waals surface area (Å²) >= 11 is 3.29. The Hall–Kier alpha value is -1.53. The van der Waals surface area contributed by atoms with Crippen LogP contribution in [0.3, 0.4) is 0 Å². The molecule has 0 saturated carbocycles. The Labute approximate surface area is 128 Å². The molecule has 2 rings (SSSR count). The van der Waals surface area contributed by atoms with Gasteiger partial charge in [-0.05, 0) is 52.7 Å². The highest BCUT2D eigenvalue weighted by Crippen LogP contribution is 2.39. The van der Waals surface area contributed by atoms with Crippen molar-refractivity contribution in [1.82, 2.24) is 0 Å². The Morgan fingerprint density at radius 2 is 1.76 bits per heavy atom. The molecular formula is C15H13BrF3NO. The van der Waals surface area contributed by atoms with E-state index in [1.165, 1.54) is 18.2 Å². The maximum Gasteiger partial charge on any atom is 0.419 e. The van der Waals surface area contributed by atoms with Crippen molar-refractivity contribution >= 4 is 15.9 Å². The highest BCUT2D eigenvalue weighted by Gasteiger charge is 2.34. The summed E-state index contributed by atoms with van der Waals surface area (Å²) in [5.74, 6) is 0.0651. The van der Waals surface area contributed by atoms with Crippen LogP contribution in [0.1, 0.15) is 24.1 Å². The van der Waals surface area contributed by atoms with Gasteiger partial charge in [0, 0.05) is 6.04 Å². The van der Waals surface area contributed by atoms with Crippen LogP contribution in [0, 0.1) is 0 Å². The predicted octanol–water partition coefficient (Wildman–Crippen LogP) is 5.28. The molecule has 6 heteroatoms. The first-order chi connectivity index (χ1) is 9.79. The van der Waals surface area contributed by atoms with E-state index in [2.05, 4.69) is 15.9 Å². The molecule has 0 unspecified atom stereocenters. The van der Waals surface area contributed by atoms with Gasteiger partial charge in [-0.15, -0.1) is 0 Å². The molecule has 0 heterocycles. The Morgan fingerprint density at radius 1 is 1.10 bits per heavy atom. The molecule has 2 N–H and O–H groups in total. The average Bonchev–Trinajstić information content (AvgIpc) is 2.40. The van der Waals surface area contributed by atoms with E-state index < -0.39 is 11.7 Å². The van der Waals surface area contributed by atoms with Crippen LogP contribution in [0.5, 0.6) is 11.5 Å². The third kappa shape index (κ3) is 3.77. The quantitative estimate of drug-likeness (QED) is 0.808. The maximum absolute atomic E-state index is 12.9. The molecule has 1 atom stereocenters. The molecule has 0 aliphatic rings. The standard InChI is InChI=1S/C15H13BrF3NO/c1-9(20)10-6-7-14(12(16)8-10)21-13-5-3-2-4-11(13)15(17,18)19/h2-9H,20H2,1H3/t9-/m0/s1. The van der Waals surface area contributed by atoms with Crippen molar-refractivity contribution in [3.8, 4) is 11.5 Å². The van der Waals surface area contributed by atoms with Gasteiger partial charge >= 0.3 is 6.18 Å². The zero-order valence-electron chi connectivity index (χ0n) is 11.1. The van der Waals surface area contributed by atoms with Crippen molar-refractivity contribution in [2.45, 2.75) is 19.1 Å². The zero-order chi connectivity index (χ0) is 15.6. The summed E-state index contributed by atoms with van der Waals surface area (Å²) in [4.78, 5) is 0. The summed E-state index contributed by atoms with van der Waals surface area (Å²) in [7, 11) is 0. The van der Waals surface area contributed by atoms with E-state index in [4.69, 9.17) is 10.5 Å². The number of ether oxygens (including phenoxy) is 1. The van der Waals surface area contributed by atoms with Crippen LogP contribution in [-0.2, 0) is 6.18 Å². The second-order valence-electron chi connectivity index (χ2n) is 4.57. The molecule has 21 heavy (non-hydrogen) atoms. The predicted molar refractivity (Wildman–Crippen MR) is 78.3 cm³/mol. The van der Waals surface area contributed by atoms with Gasteiger partial charge in [-0.25, -0.2) is 0 Å². The lowest BCUT2D eigenvalue weighted by Crippen LogP contribution is -2.07. The molecule has 0 fully saturated rings. The van der Waals surface area contributed by atoms with Crippen LogP contribution < -0.4 is 10.5 Å². The fourth-order valence-electron chi connectivity index (χ4n) is 1.79. The Morgan fingerprint density at radius 3 is 2.33 bits per heavy atom. The minimum atomic E-state index is -4.46. The van der Waals surface area contributed by atoms with Gasteiger partial charge in [0.15, 0.2) is 0 Å². The largest absolute Gasteiger partial charge is 0.456 e. The molecule has 2 aromatic rings. The maximum atomic E-state index is 12.9. The molecule has 0 aliphatic heterocycles. The zero-order valence-corrected chi connectivity index (χ0v) is 12.7. The molecule has 2 nitrogen and oxygen atoms in total. The van der Waals surface area contributed by atoms with Crippen LogP contribution in [0.4, 0.5) is 13.2 Å². The number of para-hydroxylation sites is 1. The van der Waals surface area contributed by atoms with Crippen LogP contribution in [0.2, 0.25) is 0 Å². The number of nitrogens with two attached hydrogens (primary N) is 1. The summed E-state index contributed by atoms with van der Waals surface area (Å²) in [5.41, 5.74) is 5.80. The number of hydrogen-bond acceptors (Lipinski definition) is 2. The summed E-state index contributed by atoms with van der Waals surface area (Å²) < 4.78 is 44.7. The van der Waals surface area contributed by atoms with Gasteiger partial charge in [-0.3, -0.25) is 0 Å². The minimum Gasteiger partial charge on any atom is -0.456 e. The van der Waals surface area contributed by atoms with Gasteiger partial charge in [0.05, 0.1) is 10.0 Å². The fourth-order valence-corrected chi connectivity index (χ4v) is 2.27. The topological polar surface area (TPSA) is 35.2 Å². The number of halogens is 4. The van der Waals surface area contributed by atoms with Crippen molar-refractivity contribution in [3.63, 3.8) is 0 Å². The average molecular weight is 360 g/mol. The van der Waals surface area contributed by atoms with Crippen molar-refractivity contribution in [1.29, 1.82) is 0 Å². The molecular weight excluding hydrogens is 347 g/mol. The molecule has 0 amide bonds. The van der Waals surface area contributed by atoms with Crippen molar-refractivity contribution < 1.29 is 17.9 Å². The van der Waals surface area contributed by atoms with Gasteiger partial charge in [0.25, 0.3) is 0 Å². The van der Waals surface area contributed by atoms with Crippen LogP contribution in [0.15, 0.2) is 46.9 Å². The monoisotopic (exact) mass is 359 g/mol. The molecule has 2 aromatic carbocycles. The van der Waals surface area contributed by atoms with Gasteiger partial charge < -0.3 is 10.5 Å². The second-order valence-corrected chi connectivity index (χ2v) is 5.43. The molecule has 0 aliphatic carbocycles. The van der Waals surface area contributed by atoms with E-state index in [-0.39, 0.29) is 11.8 Å². The van der Waals surface area contributed by atoms with E-state index in [0.717, 1.165) is 11.6 Å². The molecule has 112 valence electrons. The van der Waals surface area contributed by atoms with Gasteiger partial charge in [0.1, 0.15) is 11.5 Å². The molecule has 0 bridgehead atoms. The van der Waals surface area contributed by atoms with E-state index >= 15 is 0 Å². The third-order valence-electron chi connectivity index (χ3n) is 2.89. The van der Waals surface area contributed by atoms with Crippen molar-refractivity contribution in [2.75, 3.05) is 0 Å². The SMILES string of the molecule is C[C@H](N)c1ccc(Oc2ccccc2C(F)(F)F)c(Br)c1. The lowest BCUT2D eigenvalue weighted by molar-refractivity contribution is -0.138. The van der Waals surface area contributed by atoms with Crippen LogP contribution in [-0.4, -0.2) is 0 Å². The number of benzene rings is 2. The number of hydrogen-bond donors (Lipinski definition) is 1. The Balaban J connectivity index is 2.35. The molecule has 0 radical (unpaired) electrons. The van der Waals surface area contributed by atoms with Gasteiger partial charge in [-0.2, -0.15) is 13.2 Å².